The Balaban J connectivity index is 1.24. The van der Waals surface area contributed by atoms with Crippen molar-refractivity contribution in [3.05, 3.63) is 53.5 Å². The number of carbonyl (C=O) groups is 2. The van der Waals surface area contributed by atoms with Crippen LogP contribution in [0.3, 0.4) is 0 Å². The van der Waals surface area contributed by atoms with Gasteiger partial charge in [0.1, 0.15) is 6.17 Å². The number of rotatable bonds is 7. The Kier molecular flexibility index (Phi) is 8.74. The number of piperidine rings is 1. The molecule has 4 aliphatic heterocycles. The van der Waals surface area contributed by atoms with Gasteiger partial charge in [0.15, 0.2) is 5.82 Å². The second kappa shape index (κ2) is 12.4. The number of likely N-dealkylation sites (tertiary alicyclic amines) is 2. The smallest absolute Gasteiger partial charge is 0.317 e. The Morgan fingerprint density at radius 3 is 2.46 bits per heavy atom. The van der Waals surface area contributed by atoms with Gasteiger partial charge in [-0.2, -0.15) is 5.10 Å². The molecule has 0 aromatic heterocycles. The molecule has 4 heterocycles. The zero-order chi connectivity index (χ0) is 29.1. The van der Waals surface area contributed by atoms with Crippen molar-refractivity contribution in [2.75, 3.05) is 31.2 Å². The molecule has 0 saturated carbocycles. The zero-order valence-electron chi connectivity index (χ0n) is 24.6. The molecule has 11 nitrogen and oxygen atoms in total. The number of hydrogen-bond donors (Lipinski definition) is 3. The first-order chi connectivity index (χ1) is 19.7. The van der Waals surface area contributed by atoms with E-state index in [1.54, 1.807) is 18.5 Å². The van der Waals surface area contributed by atoms with Gasteiger partial charge < -0.3 is 15.5 Å². The van der Waals surface area contributed by atoms with Crippen LogP contribution in [0.5, 0.6) is 0 Å². The number of aliphatic imine (C=N–C) groups is 1. The number of amides is 3. The third kappa shape index (κ3) is 6.46. The van der Waals surface area contributed by atoms with E-state index in [-0.39, 0.29) is 24.1 Å². The van der Waals surface area contributed by atoms with E-state index in [2.05, 4.69) is 51.7 Å². The maximum absolute atomic E-state index is 13.5. The molecule has 1 aromatic rings. The Hall–Kier alpha value is -3.70. The van der Waals surface area contributed by atoms with Gasteiger partial charge in [-0.25, -0.2) is 20.6 Å². The Labute approximate surface area is 242 Å². The number of hydrazine groups is 1. The van der Waals surface area contributed by atoms with Gasteiger partial charge in [-0.15, -0.1) is 0 Å². The number of nitrogens with one attached hydrogen (secondary N) is 2. The first kappa shape index (κ1) is 28.8. The van der Waals surface area contributed by atoms with E-state index in [4.69, 9.17) is 10.9 Å². The largest absolute Gasteiger partial charge is 0.336 e. The quantitative estimate of drug-likeness (QED) is 0.348. The van der Waals surface area contributed by atoms with E-state index in [1.807, 2.05) is 30.7 Å². The minimum Gasteiger partial charge on any atom is -0.336 e. The lowest BCUT2D eigenvalue weighted by atomic mass is 9.88. The Morgan fingerprint density at radius 1 is 1.12 bits per heavy atom. The molecule has 2 fully saturated rings. The number of nitrogens with two attached hydrogens (primary N) is 1. The van der Waals surface area contributed by atoms with Crippen molar-refractivity contribution in [3.8, 4) is 0 Å². The monoisotopic (exact) mass is 561 g/mol. The average molecular weight is 562 g/mol. The minimum absolute atomic E-state index is 0.0311. The van der Waals surface area contributed by atoms with Crippen LogP contribution < -0.4 is 21.5 Å². The van der Waals surface area contributed by atoms with Crippen LogP contribution in [0.15, 0.2) is 58.0 Å². The molecular weight excluding hydrogens is 518 g/mol. The highest BCUT2D eigenvalue weighted by molar-refractivity contribution is 5.97. The molecule has 0 radical (unpaired) electrons. The number of allylic oxidation sites excluding steroid dienone is 1. The predicted octanol–water partition coefficient (Wildman–Crippen LogP) is 2.91. The molecule has 41 heavy (non-hydrogen) atoms. The van der Waals surface area contributed by atoms with E-state index in [0.29, 0.717) is 36.2 Å². The summed E-state index contributed by atoms with van der Waals surface area (Å²) in [5.41, 5.74) is 3.79. The van der Waals surface area contributed by atoms with Crippen molar-refractivity contribution >= 4 is 29.6 Å². The zero-order valence-corrected chi connectivity index (χ0v) is 24.6. The van der Waals surface area contributed by atoms with E-state index >= 15 is 0 Å². The molecule has 4 aliphatic rings. The summed E-state index contributed by atoms with van der Waals surface area (Å²) in [6, 6.07) is 8.85. The number of aryl methyl sites for hydroxylation is 1. The van der Waals surface area contributed by atoms with Crippen LogP contribution in [-0.4, -0.2) is 83.1 Å². The van der Waals surface area contributed by atoms with Gasteiger partial charge in [0.2, 0.25) is 0 Å². The van der Waals surface area contributed by atoms with Crippen molar-refractivity contribution in [2.24, 2.45) is 21.9 Å². The van der Waals surface area contributed by atoms with E-state index < -0.39 is 0 Å². The first-order valence-electron chi connectivity index (χ1n) is 14.7. The maximum atomic E-state index is 13.5. The summed E-state index contributed by atoms with van der Waals surface area (Å²) in [6.07, 6.45) is 7.97. The van der Waals surface area contributed by atoms with E-state index in [9.17, 15) is 9.59 Å². The molecular formula is C30H43N9O2. The van der Waals surface area contributed by atoms with Gasteiger partial charge >= 0.3 is 6.03 Å². The van der Waals surface area contributed by atoms with Crippen LogP contribution in [0.4, 0.5) is 10.5 Å². The number of hydrogen-bond acceptors (Lipinski definition) is 8. The number of hydrazone groups is 1. The van der Waals surface area contributed by atoms with Gasteiger partial charge in [-0.1, -0.05) is 24.6 Å². The number of benzene rings is 1. The fourth-order valence-electron chi connectivity index (χ4n) is 5.89. The number of urea groups is 1. The van der Waals surface area contributed by atoms with Gasteiger partial charge in [-0.3, -0.25) is 14.7 Å². The molecule has 220 valence electrons. The van der Waals surface area contributed by atoms with Crippen molar-refractivity contribution in [1.29, 1.82) is 0 Å². The molecule has 1 aromatic carbocycles. The fourth-order valence-corrected chi connectivity index (χ4v) is 5.89. The van der Waals surface area contributed by atoms with Gasteiger partial charge in [0.25, 0.3) is 5.91 Å². The van der Waals surface area contributed by atoms with Crippen LogP contribution in [-0.2, 0) is 4.79 Å². The highest BCUT2D eigenvalue weighted by Crippen LogP contribution is 2.31. The molecule has 11 heteroatoms. The SMILES string of the molecule is CC/C(C(=O)NC1CC(C2CCN(C3CN(C(=O)NC(C)C)C3)CC2)=NN1c1ccc(C)cc1)=C1/N=CC=CN1N. The molecule has 4 N–H and O–H groups in total. The summed E-state index contributed by atoms with van der Waals surface area (Å²) in [4.78, 5) is 34.5. The van der Waals surface area contributed by atoms with Crippen LogP contribution in [0.25, 0.3) is 0 Å². The molecule has 0 aliphatic carbocycles. The van der Waals surface area contributed by atoms with Crippen LogP contribution >= 0.6 is 0 Å². The lowest BCUT2D eigenvalue weighted by Gasteiger charge is -2.47. The summed E-state index contributed by atoms with van der Waals surface area (Å²) < 4.78 is 0. The van der Waals surface area contributed by atoms with Crippen LogP contribution in [0, 0.1) is 12.8 Å². The molecule has 3 amide bonds. The van der Waals surface area contributed by atoms with Crippen molar-refractivity contribution in [2.45, 2.75) is 71.6 Å². The van der Waals surface area contributed by atoms with Gasteiger partial charge in [0.05, 0.1) is 11.3 Å². The van der Waals surface area contributed by atoms with Gasteiger partial charge in [0, 0.05) is 55.6 Å². The van der Waals surface area contributed by atoms with E-state index in [1.165, 1.54) is 10.6 Å². The van der Waals surface area contributed by atoms with Crippen LogP contribution in [0.1, 0.15) is 52.0 Å². The van der Waals surface area contributed by atoms with Crippen molar-refractivity contribution in [3.63, 3.8) is 0 Å². The van der Waals surface area contributed by atoms with Gasteiger partial charge in [-0.05, 0) is 71.3 Å². The lowest BCUT2D eigenvalue weighted by Crippen LogP contribution is -2.64. The first-order valence-corrected chi connectivity index (χ1v) is 14.7. The molecule has 1 unspecified atom stereocenters. The Morgan fingerprint density at radius 2 is 1.83 bits per heavy atom. The summed E-state index contributed by atoms with van der Waals surface area (Å²) >= 11 is 0. The van der Waals surface area contributed by atoms with Crippen LogP contribution in [0.2, 0.25) is 0 Å². The predicted molar refractivity (Wildman–Crippen MR) is 162 cm³/mol. The second-order valence-corrected chi connectivity index (χ2v) is 11.6. The summed E-state index contributed by atoms with van der Waals surface area (Å²) in [5, 5.41) is 14.6. The topological polar surface area (TPSA) is 122 Å². The molecule has 5 rings (SSSR count). The maximum Gasteiger partial charge on any atom is 0.317 e. The molecule has 0 bridgehead atoms. The summed E-state index contributed by atoms with van der Waals surface area (Å²) in [6.45, 7) is 11.5. The summed E-state index contributed by atoms with van der Waals surface area (Å²) in [7, 11) is 0. The third-order valence-corrected chi connectivity index (χ3v) is 8.28. The summed E-state index contributed by atoms with van der Waals surface area (Å²) in [5.74, 6) is 6.71. The van der Waals surface area contributed by atoms with Crippen molar-refractivity contribution in [1.82, 2.24) is 25.4 Å². The minimum atomic E-state index is -0.297. The highest BCUT2D eigenvalue weighted by atomic mass is 16.2. The number of nitrogens with zero attached hydrogens (tertiary/aromatic N) is 6. The second-order valence-electron chi connectivity index (χ2n) is 11.6. The molecule has 1 atom stereocenters. The number of carbonyl (C=O) groups excluding carboxylic acids is 2. The fraction of sp³-hybridized carbons (Fsp3) is 0.533. The third-order valence-electron chi connectivity index (χ3n) is 8.28. The highest BCUT2D eigenvalue weighted by Gasteiger charge is 2.39. The normalized spacial score (nSPS) is 23.1. The lowest BCUT2D eigenvalue weighted by molar-refractivity contribution is -0.118. The van der Waals surface area contributed by atoms with E-state index in [0.717, 1.165) is 50.4 Å². The number of anilines is 1. The molecule has 2 saturated heterocycles. The molecule has 0 spiro atoms. The standard InChI is InChI=1S/C30H43N9O2/c1-5-25(28-32-13-6-14-38(28)31)29(40)34-27-17-26(35-39(27)23-9-7-21(4)8-10-23)22-11-15-36(16-12-22)24-18-37(19-24)30(41)33-20(2)3/h6-10,13-14,20,22,24,27H,5,11-12,15-19,31H2,1-4H3,(H,33,41)(H,34,40)/b28-25+. The Bertz CT molecular complexity index is 1240. The van der Waals surface area contributed by atoms with Crippen molar-refractivity contribution < 1.29 is 9.59 Å². The average Bonchev–Trinajstić information content (AvgIpc) is 3.33.